The first-order valence-electron chi connectivity index (χ1n) is 6.94. The smallest absolute Gasteiger partial charge is 0.316 e. The fraction of sp³-hybridized carbons (Fsp3) is 0.222. The van der Waals surface area contributed by atoms with Gasteiger partial charge in [0.25, 0.3) is 0 Å². The Bertz CT molecular complexity index is 697. The molecule has 22 heavy (non-hydrogen) atoms. The lowest BCUT2D eigenvalue weighted by molar-refractivity contribution is -0.142. The largest absolute Gasteiger partial charge is 0.507 e. The van der Waals surface area contributed by atoms with Crippen LogP contribution in [0.15, 0.2) is 48.5 Å². The second kappa shape index (κ2) is 6.02. The molecule has 0 aliphatic carbocycles. The van der Waals surface area contributed by atoms with Gasteiger partial charge < -0.3 is 9.84 Å². The number of carbonyl (C=O) groups is 2. The van der Waals surface area contributed by atoms with E-state index in [1.807, 2.05) is 6.07 Å². The zero-order valence-electron chi connectivity index (χ0n) is 12.8. The number of phenols is 1. The Morgan fingerprint density at radius 1 is 1.00 bits per heavy atom. The van der Waals surface area contributed by atoms with Crippen molar-refractivity contribution in [1.82, 2.24) is 0 Å². The molecule has 1 N–H and O–H groups in total. The van der Waals surface area contributed by atoms with Crippen molar-refractivity contribution in [1.29, 1.82) is 0 Å². The molecule has 0 radical (unpaired) electrons. The summed E-state index contributed by atoms with van der Waals surface area (Å²) in [6.45, 7) is 5.22. The van der Waals surface area contributed by atoms with Crippen LogP contribution in [0.4, 0.5) is 0 Å². The van der Waals surface area contributed by atoms with Gasteiger partial charge in [0.1, 0.15) is 11.5 Å². The third-order valence-corrected chi connectivity index (χ3v) is 3.07. The van der Waals surface area contributed by atoms with Crippen LogP contribution < -0.4 is 4.74 Å². The minimum atomic E-state index is -0.645. The molecule has 0 fully saturated rings. The summed E-state index contributed by atoms with van der Waals surface area (Å²) in [5.74, 6) is -0.698. The van der Waals surface area contributed by atoms with E-state index < -0.39 is 11.4 Å². The van der Waals surface area contributed by atoms with Gasteiger partial charge in [0.05, 0.1) is 11.0 Å². The SMILES string of the molecule is CC(C)(C)C(=O)Oc1ccc(C(=O)c2ccccc2)c(O)c1. The number of carbonyl (C=O) groups excluding carboxylic acids is 2. The van der Waals surface area contributed by atoms with Crippen molar-refractivity contribution in [3.63, 3.8) is 0 Å². The summed E-state index contributed by atoms with van der Waals surface area (Å²) in [6.07, 6.45) is 0. The van der Waals surface area contributed by atoms with Gasteiger partial charge in [-0.3, -0.25) is 9.59 Å². The lowest BCUT2D eigenvalue weighted by atomic mass is 9.97. The van der Waals surface area contributed by atoms with Gasteiger partial charge in [-0.1, -0.05) is 30.3 Å². The molecule has 4 heteroatoms. The molecule has 0 saturated heterocycles. The number of rotatable bonds is 3. The van der Waals surface area contributed by atoms with Gasteiger partial charge in [-0.05, 0) is 32.9 Å². The second-order valence-electron chi connectivity index (χ2n) is 6.01. The number of hydrogen-bond donors (Lipinski definition) is 1. The molecule has 0 bridgehead atoms. The van der Waals surface area contributed by atoms with Gasteiger partial charge in [-0.25, -0.2) is 0 Å². The maximum Gasteiger partial charge on any atom is 0.316 e. The van der Waals surface area contributed by atoms with Crippen molar-refractivity contribution in [2.45, 2.75) is 20.8 Å². The number of phenolic OH excluding ortho intramolecular Hbond substituents is 1. The first-order valence-corrected chi connectivity index (χ1v) is 6.94. The molecule has 0 unspecified atom stereocenters. The van der Waals surface area contributed by atoms with Crippen molar-refractivity contribution >= 4 is 11.8 Å². The van der Waals surface area contributed by atoms with Crippen molar-refractivity contribution in [3.05, 3.63) is 59.7 Å². The topological polar surface area (TPSA) is 63.6 Å². The Labute approximate surface area is 129 Å². The summed E-state index contributed by atoms with van der Waals surface area (Å²) in [6, 6.07) is 12.9. The maximum atomic E-state index is 12.3. The monoisotopic (exact) mass is 298 g/mol. The Morgan fingerprint density at radius 3 is 2.18 bits per heavy atom. The molecule has 0 heterocycles. The Kier molecular flexibility index (Phi) is 4.31. The van der Waals surface area contributed by atoms with Crippen LogP contribution in [0.3, 0.4) is 0 Å². The van der Waals surface area contributed by atoms with Crippen LogP contribution in [0.1, 0.15) is 36.7 Å². The Morgan fingerprint density at radius 2 is 1.64 bits per heavy atom. The lowest BCUT2D eigenvalue weighted by Crippen LogP contribution is -2.25. The fourth-order valence-corrected chi connectivity index (χ4v) is 1.77. The molecule has 2 rings (SSSR count). The predicted octanol–water partition coefficient (Wildman–Crippen LogP) is 3.57. The molecular formula is C18H18O4. The van der Waals surface area contributed by atoms with Crippen LogP contribution in [-0.2, 0) is 4.79 Å². The summed E-state index contributed by atoms with van der Waals surface area (Å²) in [5.41, 5.74) is 0.00715. The maximum absolute atomic E-state index is 12.3. The van der Waals surface area contributed by atoms with Crippen LogP contribution in [0.5, 0.6) is 11.5 Å². The molecule has 114 valence electrons. The Hall–Kier alpha value is -2.62. The van der Waals surface area contributed by atoms with E-state index >= 15 is 0 Å². The molecule has 0 aromatic heterocycles. The molecule has 4 nitrogen and oxygen atoms in total. The molecule has 2 aromatic carbocycles. The first-order chi connectivity index (χ1) is 10.3. The normalized spacial score (nSPS) is 11.0. The molecule has 0 saturated carbocycles. The summed E-state index contributed by atoms with van der Waals surface area (Å²) < 4.78 is 5.19. The number of aromatic hydroxyl groups is 1. The van der Waals surface area contributed by atoms with Gasteiger partial charge in [0.2, 0.25) is 0 Å². The van der Waals surface area contributed by atoms with E-state index in [9.17, 15) is 14.7 Å². The van der Waals surface area contributed by atoms with Gasteiger partial charge in [0, 0.05) is 11.6 Å². The molecule has 2 aromatic rings. The highest BCUT2D eigenvalue weighted by Gasteiger charge is 2.24. The fourth-order valence-electron chi connectivity index (χ4n) is 1.77. The summed E-state index contributed by atoms with van der Waals surface area (Å²) >= 11 is 0. The van der Waals surface area contributed by atoms with Crippen LogP contribution >= 0.6 is 0 Å². The number of ketones is 1. The standard InChI is InChI=1S/C18H18O4/c1-18(2,3)17(21)22-13-9-10-14(15(19)11-13)16(20)12-7-5-4-6-8-12/h4-11,19H,1-3H3. The van der Waals surface area contributed by atoms with Gasteiger partial charge in [-0.15, -0.1) is 0 Å². The van der Waals surface area contributed by atoms with Gasteiger partial charge >= 0.3 is 5.97 Å². The van der Waals surface area contributed by atoms with E-state index in [1.165, 1.54) is 18.2 Å². The number of hydrogen-bond acceptors (Lipinski definition) is 4. The average Bonchev–Trinajstić information content (AvgIpc) is 2.46. The second-order valence-corrected chi connectivity index (χ2v) is 6.01. The van der Waals surface area contributed by atoms with Crippen molar-refractivity contribution < 1.29 is 19.4 Å². The summed E-state index contributed by atoms with van der Waals surface area (Å²) in [5, 5.41) is 10.0. The average molecular weight is 298 g/mol. The number of esters is 1. The van der Waals surface area contributed by atoms with Crippen molar-refractivity contribution in [2.24, 2.45) is 5.41 Å². The van der Waals surface area contributed by atoms with Crippen LogP contribution in [-0.4, -0.2) is 16.9 Å². The summed E-state index contributed by atoms with van der Waals surface area (Å²) in [4.78, 5) is 24.1. The number of benzene rings is 2. The Balaban J connectivity index is 2.24. The van der Waals surface area contributed by atoms with Gasteiger partial charge in [0.15, 0.2) is 5.78 Å². The zero-order chi connectivity index (χ0) is 16.3. The quantitative estimate of drug-likeness (QED) is 0.534. The molecule has 0 aliphatic heterocycles. The van der Waals surface area contributed by atoms with E-state index in [-0.39, 0.29) is 22.8 Å². The molecule has 0 atom stereocenters. The van der Waals surface area contributed by atoms with Gasteiger partial charge in [-0.2, -0.15) is 0 Å². The van der Waals surface area contributed by atoms with E-state index in [4.69, 9.17) is 4.74 Å². The van der Waals surface area contributed by atoms with Crippen LogP contribution in [0.2, 0.25) is 0 Å². The van der Waals surface area contributed by atoms with E-state index in [1.54, 1.807) is 45.0 Å². The molecule has 0 spiro atoms. The van der Waals surface area contributed by atoms with Crippen molar-refractivity contribution in [3.8, 4) is 11.5 Å². The van der Waals surface area contributed by atoms with Crippen LogP contribution in [0.25, 0.3) is 0 Å². The molecule has 0 aliphatic rings. The zero-order valence-corrected chi connectivity index (χ0v) is 12.8. The highest BCUT2D eigenvalue weighted by Crippen LogP contribution is 2.27. The van der Waals surface area contributed by atoms with Crippen molar-refractivity contribution in [2.75, 3.05) is 0 Å². The van der Waals surface area contributed by atoms with E-state index in [0.717, 1.165) is 0 Å². The third kappa shape index (κ3) is 3.52. The summed E-state index contributed by atoms with van der Waals surface area (Å²) in [7, 11) is 0. The minimum Gasteiger partial charge on any atom is -0.507 e. The highest BCUT2D eigenvalue weighted by atomic mass is 16.5. The highest BCUT2D eigenvalue weighted by molar-refractivity contribution is 6.10. The van der Waals surface area contributed by atoms with E-state index in [0.29, 0.717) is 5.56 Å². The third-order valence-electron chi connectivity index (χ3n) is 3.07. The molecule has 0 amide bonds. The lowest BCUT2D eigenvalue weighted by Gasteiger charge is -2.16. The first kappa shape index (κ1) is 15.8. The number of ether oxygens (including phenoxy) is 1. The van der Waals surface area contributed by atoms with E-state index in [2.05, 4.69) is 0 Å². The minimum absolute atomic E-state index is 0.168. The predicted molar refractivity (Wildman–Crippen MR) is 83.1 cm³/mol. The van der Waals surface area contributed by atoms with Crippen LogP contribution in [0, 0.1) is 5.41 Å². The molecular weight excluding hydrogens is 280 g/mol.